The van der Waals surface area contributed by atoms with Crippen molar-refractivity contribution in [1.82, 2.24) is 15.1 Å². The molecule has 1 saturated heterocycles. The van der Waals surface area contributed by atoms with Crippen molar-refractivity contribution >= 4 is 17.6 Å². The molecule has 1 aromatic rings. The van der Waals surface area contributed by atoms with Gasteiger partial charge in [0.05, 0.1) is 0 Å². The summed E-state index contributed by atoms with van der Waals surface area (Å²) in [7, 11) is 2.08. The van der Waals surface area contributed by atoms with Crippen LogP contribution in [0.25, 0.3) is 0 Å². The second-order valence-corrected chi connectivity index (χ2v) is 9.95. The summed E-state index contributed by atoms with van der Waals surface area (Å²) in [5, 5.41) is 6.32. The monoisotopic (exact) mass is 396 g/mol. The van der Waals surface area contributed by atoms with Gasteiger partial charge in [-0.1, -0.05) is 0 Å². The highest BCUT2D eigenvalue weighted by atomic mass is 16.2. The van der Waals surface area contributed by atoms with Crippen LogP contribution >= 0.6 is 0 Å². The molecule has 6 rings (SSSR count). The van der Waals surface area contributed by atoms with Gasteiger partial charge in [0.25, 0.3) is 5.91 Å². The molecule has 0 spiro atoms. The Morgan fingerprint density at radius 3 is 2.00 bits per heavy atom. The molecular formula is C23H32N4O2. The van der Waals surface area contributed by atoms with Crippen LogP contribution in [-0.4, -0.2) is 60.5 Å². The van der Waals surface area contributed by atoms with E-state index < -0.39 is 0 Å². The summed E-state index contributed by atoms with van der Waals surface area (Å²) in [5.74, 6) is 2.49. The second-order valence-electron chi connectivity index (χ2n) is 9.95. The van der Waals surface area contributed by atoms with Crippen molar-refractivity contribution in [2.24, 2.45) is 17.8 Å². The number of nitrogens with one attached hydrogen (secondary N) is 2. The number of hydrogen-bond donors (Lipinski definition) is 2. The van der Waals surface area contributed by atoms with Gasteiger partial charge in [-0.25, -0.2) is 4.79 Å². The molecule has 29 heavy (non-hydrogen) atoms. The summed E-state index contributed by atoms with van der Waals surface area (Å²) in [5.41, 5.74) is 1.43. The maximum absolute atomic E-state index is 12.7. The number of nitrogens with zero attached hydrogens (tertiary/aromatic N) is 2. The minimum atomic E-state index is -0.106. The summed E-state index contributed by atoms with van der Waals surface area (Å²) in [4.78, 5) is 29.5. The van der Waals surface area contributed by atoms with Crippen molar-refractivity contribution in [3.05, 3.63) is 29.8 Å². The molecule has 6 nitrogen and oxygen atoms in total. The Morgan fingerprint density at radius 2 is 1.45 bits per heavy atom. The number of benzene rings is 1. The molecule has 1 aromatic carbocycles. The number of anilines is 1. The maximum Gasteiger partial charge on any atom is 0.319 e. The smallest absolute Gasteiger partial charge is 0.319 e. The highest BCUT2D eigenvalue weighted by molar-refractivity contribution is 5.95. The van der Waals surface area contributed by atoms with Crippen LogP contribution in [0.1, 0.15) is 48.9 Å². The number of carbonyl (C=O) groups is 2. The zero-order valence-corrected chi connectivity index (χ0v) is 17.3. The average Bonchev–Trinajstić information content (AvgIpc) is 2.67. The normalized spacial score (nSPS) is 33.6. The molecule has 4 aliphatic carbocycles. The third-order valence-corrected chi connectivity index (χ3v) is 7.60. The SMILES string of the molecule is CN1CCN(C(=O)c2ccc(NC(=O)NC34CC5CC(CC(C5)C3)C4)cc2)CC1. The van der Waals surface area contributed by atoms with Crippen molar-refractivity contribution in [3.63, 3.8) is 0 Å². The van der Waals surface area contributed by atoms with Crippen LogP contribution in [0.15, 0.2) is 24.3 Å². The van der Waals surface area contributed by atoms with Gasteiger partial charge in [0.1, 0.15) is 0 Å². The zero-order valence-electron chi connectivity index (χ0n) is 17.3. The third-order valence-electron chi connectivity index (χ3n) is 7.60. The van der Waals surface area contributed by atoms with Crippen molar-refractivity contribution in [3.8, 4) is 0 Å². The van der Waals surface area contributed by atoms with E-state index >= 15 is 0 Å². The molecule has 1 aliphatic heterocycles. The zero-order chi connectivity index (χ0) is 20.0. The number of amides is 3. The van der Waals surface area contributed by atoms with Crippen molar-refractivity contribution in [2.75, 3.05) is 38.5 Å². The van der Waals surface area contributed by atoms with Gasteiger partial charge in [0, 0.05) is 43.0 Å². The van der Waals surface area contributed by atoms with Gasteiger partial charge in [-0.3, -0.25) is 4.79 Å². The fourth-order valence-electron chi connectivity index (χ4n) is 6.56. The summed E-state index contributed by atoms with van der Waals surface area (Å²) in [6, 6.07) is 7.21. The summed E-state index contributed by atoms with van der Waals surface area (Å²) < 4.78 is 0. The van der Waals surface area contributed by atoms with Crippen LogP contribution < -0.4 is 10.6 Å². The molecule has 4 bridgehead atoms. The van der Waals surface area contributed by atoms with E-state index in [9.17, 15) is 9.59 Å². The Kier molecular flexibility index (Phi) is 4.77. The molecule has 5 aliphatic rings. The number of carbonyl (C=O) groups excluding carboxylic acids is 2. The number of piperazine rings is 1. The fourth-order valence-corrected chi connectivity index (χ4v) is 6.56. The Morgan fingerprint density at radius 1 is 0.897 bits per heavy atom. The Balaban J connectivity index is 1.18. The van der Waals surface area contributed by atoms with Crippen LogP contribution in [0.5, 0.6) is 0 Å². The number of likely N-dealkylation sites (N-methyl/N-ethyl adjacent to an activating group) is 1. The van der Waals surface area contributed by atoms with Gasteiger partial charge in [0.2, 0.25) is 0 Å². The van der Waals surface area contributed by atoms with Gasteiger partial charge in [-0.15, -0.1) is 0 Å². The predicted molar refractivity (Wildman–Crippen MR) is 113 cm³/mol. The molecule has 3 amide bonds. The standard InChI is InChI=1S/C23H32N4O2/c1-26-6-8-27(9-7-26)21(28)19-2-4-20(5-3-19)24-22(29)25-23-13-16-10-17(14-23)12-18(11-16)15-23/h2-5,16-18H,6-15H2,1H3,(H2,24,25,29). The molecule has 6 heteroatoms. The number of hydrogen-bond acceptors (Lipinski definition) is 3. The van der Waals surface area contributed by atoms with Crippen molar-refractivity contribution in [1.29, 1.82) is 0 Å². The Labute approximate surface area is 173 Å². The van der Waals surface area contributed by atoms with Gasteiger partial charge in [-0.2, -0.15) is 0 Å². The maximum atomic E-state index is 12.7. The van der Waals surface area contributed by atoms with E-state index in [0.29, 0.717) is 5.56 Å². The number of urea groups is 1. The summed E-state index contributed by atoms with van der Waals surface area (Å²) in [6.07, 6.45) is 7.53. The highest BCUT2D eigenvalue weighted by Crippen LogP contribution is 2.55. The lowest BCUT2D eigenvalue weighted by Gasteiger charge is -2.56. The van der Waals surface area contributed by atoms with Gasteiger partial charge in [0.15, 0.2) is 0 Å². The molecule has 5 fully saturated rings. The highest BCUT2D eigenvalue weighted by Gasteiger charge is 2.51. The lowest BCUT2D eigenvalue weighted by Crippen LogP contribution is -2.60. The van der Waals surface area contributed by atoms with Crippen molar-refractivity contribution in [2.45, 2.75) is 44.1 Å². The van der Waals surface area contributed by atoms with Crippen LogP contribution in [0, 0.1) is 17.8 Å². The van der Waals surface area contributed by atoms with E-state index in [0.717, 1.165) is 68.9 Å². The van der Waals surface area contributed by atoms with E-state index in [-0.39, 0.29) is 17.5 Å². The molecule has 0 atom stereocenters. The molecule has 2 N–H and O–H groups in total. The van der Waals surface area contributed by atoms with E-state index in [1.165, 1.54) is 19.3 Å². The first-order valence-corrected chi connectivity index (χ1v) is 11.2. The molecule has 1 heterocycles. The molecule has 0 radical (unpaired) electrons. The van der Waals surface area contributed by atoms with E-state index in [1.54, 1.807) is 0 Å². The van der Waals surface area contributed by atoms with E-state index in [4.69, 9.17) is 0 Å². The first kappa shape index (κ1) is 18.9. The minimum absolute atomic E-state index is 0.0101. The molecule has 0 aromatic heterocycles. The van der Waals surface area contributed by atoms with E-state index in [2.05, 4.69) is 22.6 Å². The molecule has 156 valence electrons. The van der Waals surface area contributed by atoms with Crippen LogP contribution in [-0.2, 0) is 0 Å². The van der Waals surface area contributed by atoms with E-state index in [1.807, 2.05) is 29.2 Å². The summed E-state index contributed by atoms with van der Waals surface area (Å²) in [6.45, 7) is 3.36. The second kappa shape index (κ2) is 7.31. The van der Waals surface area contributed by atoms with Gasteiger partial charge in [-0.05, 0) is 87.6 Å². The molecular weight excluding hydrogens is 364 g/mol. The third kappa shape index (κ3) is 3.87. The Bertz CT molecular complexity index is 747. The number of rotatable bonds is 3. The lowest BCUT2D eigenvalue weighted by atomic mass is 9.53. The quantitative estimate of drug-likeness (QED) is 0.825. The van der Waals surface area contributed by atoms with Crippen molar-refractivity contribution < 1.29 is 9.59 Å². The summed E-state index contributed by atoms with van der Waals surface area (Å²) >= 11 is 0. The first-order valence-electron chi connectivity index (χ1n) is 11.2. The van der Waals surface area contributed by atoms with Crippen LogP contribution in [0.2, 0.25) is 0 Å². The van der Waals surface area contributed by atoms with Crippen LogP contribution in [0.4, 0.5) is 10.5 Å². The first-order chi connectivity index (χ1) is 14.0. The fraction of sp³-hybridized carbons (Fsp3) is 0.652. The average molecular weight is 397 g/mol. The minimum Gasteiger partial charge on any atom is -0.336 e. The van der Waals surface area contributed by atoms with Gasteiger partial charge < -0.3 is 20.4 Å². The molecule has 0 unspecified atom stereocenters. The largest absolute Gasteiger partial charge is 0.336 e. The topological polar surface area (TPSA) is 64.7 Å². The van der Waals surface area contributed by atoms with Gasteiger partial charge >= 0.3 is 6.03 Å². The lowest BCUT2D eigenvalue weighted by molar-refractivity contribution is -0.0127. The molecule has 4 saturated carbocycles. The predicted octanol–water partition coefficient (Wildman–Crippen LogP) is 3.16. The van der Waals surface area contributed by atoms with Crippen LogP contribution in [0.3, 0.4) is 0 Å². The Hall–Kier alpha value is -2.08.